The van der Waals surface area contributed by atoms with E-state index in [4.69, 9.17) is 20.9 Å². The molecule has 0 N–H and O–H groups in total. The molecular formula is C17H11ClN2O6S. The van der Waals surface area contributed by atoms with Crippen LogP contribution in [0.25, 0.3) is 0 Å². The number of halogens is 1. The van der Waals surface area contributed by atoms with Crippen LogP contribution in [-0.2, 0) is 19.2 Å². The minimum absolute atomic E-state index is 0.0196. The lowest BCUT2D eigenvalue weighted by atomic mass is 10.1. The van der Waals surface area contributed by atoms with Crippen molar-refractivity contribution >= 4 is 39.1 Å². The highest BCUT2D eigenvalue weighted by Crippen LogP contribution is 2.16. The van der Waals surface area contributed by atoms with E-state index in [1.54, 1.807) is 6.07 Å². The Kier molecular flexibility index (Phi) is 5.53. The lowest BCUT2D eigenvalue weighted by molar-refractivity contribution is 0.0481. The fourth-order valence-electron chi connectivity index (χ4n) is 1.84. The Morgan fingerprint density at radius 3 is 2.19 bits per heavy atom. The number of hydrogen-bond acceptors (Lipinski definition) is 8. The van der Waals surface area contributed by atoms with Gasteiger partial charge in [0.15, 0.2) is 0 Å². The van der Waals surface area contributed by atoms with Crippen LogP contribution >= 0.6 is 11.6 Å². The maximum Gasteiger partial charge on any atom is 0.400 e. The van der Waals surface area contributed by atoms with E-state index in [0.29, 0.717) is 10.7 Å². The van der Waals surface area contributed by atoms with E-state index < -0.39 is 16.1 Å². The quantitative estimate of drug-likeness (QED) is 0.428. The smallest absolute Gasteiger partial charge is 0.400 e. The van der Waals surface area contributed by atoms with E-state index in [1.165, 1.54) is 60.9 Å². The van der Waals surface area contributed by atoms with Crippen LogP contribution in [0.5, 0.6) is 0 Å². The van der Waals surface area contributed by atoms with E-state index in [0.717, 1.165) is 0 Å². The molecule has 3 rings (SSSR count). The van der Waals surface area contributed by atoms with Gasteiger partial charge in [-0.05, 0) is 60.7 Å². The van der Waals surface area contributed by atoms with Gasteiger partial charge in [-0.2, -0.15) is 8.42 Å². The van der Waals surface area contributed by atoms with Gasteiger partial charge >= 0.3 is 16.1 Å². The minimum atomic E-state index is -4.06. The third kappa shape index (κ3) is 4.93. The second-order valence-corrected chi connectivity index (χ2v) is 7.00. The summed E-state index contributed by atoms with van der Waals surface area (Å²) in [5, 5.41) is 7.61. The molecule has 1 aromatic heterocycles. The summed E-state index contributed by atoms with van der Waals surface area (Å²) in [7, 11) is -4.06. The van der Waals surface area contributed by atoms with Gasteiger partial charge in [-0.15, -0.1) is 0 Å². The van der Waals surface area contributed by atoms with Crippen LogP contribution in [0.15, 0.2) is 86.6 Å². The van der Waals surface area contributed by atoms with Gasteiger partial charge in [-0.1, -0.05) is 21.9 Å². The highest BCUT2D eigenvalue weighted by molar-refractivity contribution is 7.86. The molecule has 0 atom stereocenters. The van der Waals surface area contributed by atoms with Gasteiger partial charge in [-0.3, -0.25) is 4.28 Å². The van der Waals surface area contributed by atoms with Crippen molar-refractivity contribution in [3.63, 3.8) is 0 Å². The summed E-state index contributed by atoms with van der Waals surface area (Å²) in [5.74, 6) is -0.725. The summed E-state index contributed by atoms with van der Waals surface area (Å²) in [4.78, 5) is 16.2. The molecule has 8 nitrogen and oxygen atoms in total. The zero-order chi connectivity index (χ0) is 19.3. The standard InChI is InChI=1S/C17H11ClN2O6S/c18-12-3-9-15(10-4-12)27(22,23)26-20-14-7-5-13(6-8-14)19-25-17(21)16-2-1-11-24-16/h1-11H. The molecule has 0 radical (unpaired) electrons. The number of allylic oxidation sites excluding steroid dienone is 4. The fraction of sp³-hybridized carbons (Fsp3) is 0. The molecule has 10 heteroatoms. The Morgan fingerprint density at radius 1 is 0.963 bits per heavy atom. The number of oxime groups is 2. The summed E-state index contributed by atoms with van der Waals surface area (Å²) in [6.45, 7) is 0. The van der Waals surface area contributed by atoms with Crippen molar-refractivity contribution in [3.05, 3.63) is 77.7 Å². The molecule has 0 bridgehead atoms. The molecule has 0 saturated carbocycles. The third-order valence-corrected chi connectivity index (χ3v) is 4.52. The first-order valence-corrected chi connectivity index (χ1v) is 9.19. The van der Waals surface area contributed by atoms with Crippen LogP contribution in [0, 0.1) is 0 Å². The van der Waals surface area contributed by atoms with Crippen molar-refractivity contribution in [3.8, 4) is 0 Å². The summed E-state index contributed by atoms with van der Waals surface area (Å²) in [6, 6.07) is 8.46. The van der Waals surface area contributed by atoms with Crippen LogP contribution < -0.4 is 0 Å². The molecule has 0 saturated heterocycles. The van der Waals surface area contributed by atoms with Gasteiger partial charge in [0.1, 0.15) is 16.3 Å². The number of hydrogen-bond donors (Lipinski definition) is 0. The highest BCUT2D eigenvalue weighted by Gasteiger charge is 2.16. The average Bonchev–Trinajstić information content (AvgIpc) is 3.21. The Hall–Kier alpha value is -3.17. The summed E-state index contributed by atoms with van der Waals surface area (Å²) in [5.41, 5.74) is 0.540. The van der Waals surface area contributed by atoms with Crippen LogP contribution in [-0.4, -0.2) is 25.8 Å². The molecule has 0 amide bonds. The molecule has 1 aliphatic carbocycles. The van der Waals surface area contributed by atoms with E-state index >= 15 is 0 Å². The Balaban J connectivity index is 1.61. The molecule has 1 aromatic carbocycles. The molecule has 0 unspecified atom stereocenters. The number of nitrogens with zero attached hydrogens (tertiary/aromatic N) is 2. The summed E-state index contributed by atoms with van der Waals surface area (Å²) < 4.78 is 33.6. The second-order valence-electron chi connectivity index (χ2n) is 5.04. The largest absolute Gasteiger partial charge is 0.457 e. The van der Waals surface area contributed by atoms with Crippen LogP contribution in [0.3, 0.4) is 0 Å². The normalized spacial score (nSPS) is 13.4. The molecular weight excluding hydrogens is 396 g/mol. The van der Waals surface area contributed by atoms with Crippen molar-refractivity contribution in [1.82, 2.24) is 0 Å². The first kappa shape index (κ1) is 18.6. The average molecular weight is 407 g/mol. The topological polar surface area (TPSA) is 108 Å². The Morgan fingerprint density at radius 2 is 1.59 bits per heavy atom. The monoisotopic (exact) mass is 406 g/mol. The van der Waals surface area contributed by atoms with Gasteiger partial charge in [-0.25, -0.2) is 4.79 Å². The lowest BCUT2D eigenvalue weighted by Crippen LogP contribution is -2.07. The van der Waals surface area contributed by atoms with Crippen LogP contribution in [0.2, 0.25) is 5.02 Å². The Bertz CT molecular complexity index is 1030. The molecule has 0 aliphatic heterocycles. The molecule has 2 aromatic rings. The minimum Gasteiger partial charge on any atom is -0.457 e. The third-order valence-electron chi connectivity index (χ3n) is 3.15. The van der Waals surface area contributed by atoms with Gasteiger partial charge in [0.25, 0.3) is 0 Å². The first-order valence-electron chi connectivity index (χ1n) is 7.40. The van der Waals surface area contributed by atoms with Crippen molar-refractivity contribution < 1.29 is 26.8 Å². The molecule has 0 spiro atoms. The van der Waals surface area contributed by atoms with E-state index in [2.05, 4.69) is 14.6 Å². The SMILES string of the molecule is O=C(ON=C1C=CC(=NOS(=O)(=O)c2ccc(Cl)cc2)C=C1)c1ccco1. The zero-order valence-electron chi connectivity index (χ0n) is 13.5. The summed E-state index contributed by atoms with van der Waals surface area (Å²) in [6.07, 6.45) is 7.15. The van der Waals surface area contributed by atoms with Crippen molar-refractivity contribution in [1.29, 1.82) is 0 Å². The summed E-state index contributed by atoms with van der Waals surface area (Å²) >= 11 is 5.72. The second kappa shape index (κ2) is 8.02. The van der Waals surface area contributed by atoms with Crippen molar-refractivity contribution in [2.75, 3.05) is 0 Å². The van der Waals surface area contributed by atoms with E-state index in [1.807, 2.05) is 0 Å². The molecule has 0 fully saturated rings. The van der Waals surface area contributed by atoms with Gasteiger partial charge in [0.2, 0.25) is 5.76 Å². The number of rotatable bonds is 5. The maximum atomic E-state index is 12.0. The van der Waals surface area contributed by atoms with Crippen LogP contribution in [0.4, 0.5) is 0 Å². The predicted octanol–water partition coefficient (Wildman–Crippen LogP) is 3.33. The van der Waals surface area contributed by atoms with E-state index in [9.17, 15) is 13.2 Å². The number of carbonyl (C=O) groups is 1. The molecule has 1 heterocycles. The molecule has 27 heavy (non-hydrogen) atoms. The maximum absolute atomic E-state index is 12.0. The number of benzene rings is 1. The van der Waals surface area contributed by atoms with Crippen molar-refractivity contribution in [2.24, 2.45) is 10.3 Å². The van der Waals surface area contributed by atoms with Gasteiger partial charge in [0.05, 0.1) is 6.26 Å². The van der Waals surface area contributed by atoms with E-state index in [-0.39, 0.29) is 16.4 Å². The van der Waals surface area contributed by atoms with Gasteiger partial charge < -0.3 is 9.25 Å². The lowest BCUT2D eigenvalue weighted by Gasteiger charge is -2.04. The predicted molar refractivity (Wildman–Crippen MR) is 97.0 cm³/mol. The highest BCUT2D eigenvalue weighted by atomic mass is 35.5. The molecule has 1 aliphatic rings. The van der Waals surface area contributed by atoms with Crippen molar-refractivity contribution in [2.45, 2.75) is 4.90 Å². The van der Waals surface area contributed by atoms with Gasteiger partial charge in [0, 0.05) is 5.02 Å². The van der Waals surface area contributed by atoms with Crippen LogP contribution in [0.1, 0.15) is 10.6 Å². The zero-order valence-corrected chi connectivity index (χ0v) is 15.1. The molecule has 138 valence electrons. The first-order chi connectivity index (χ1) is 12.9. The number of furan rings is 1. The fourth-order valence-corrected chi connectivity index (χ4v) is 2.71. The number of carbonyl (C=O) groups excluding carboxylic acids is 1. The Labute approximate surface area is 159 Å².